The molecule has 1 aromatic carbocycles. The first-order valence-electron chi connectivity index (χ1n) is 5.62. The molecule has 0 aromatic heterocycles. The van der Waals surface area contributed by atoms with Crippen LogP contribution in [0.3, 0.4) is 0 Å². The molecule has 1 aromatic rings. The fourth-order valence-corrected chi connectivity index (χ4v) is 2.57. The number of rotatable bonds is 7. The zero-order chi connectivity index (χ0) is 13.6. The van der Waals surface area contributed by atoms with Crippen molar-refractivity contribution in [3.05, 3.63) is 29.8 Å². The molecule has 0 aliphatic carbocycles. The van der Waals surface area contributed by atoms with E-state index < -0.39 is 26.6 Å². The van der Waals surface area contributed by atoms with Gasteiger partial charge in [0.05, 0.1) is 0 Å². The molecule has 0 aliphatic heterocycles. The van der Waals surface area contributed by atoms with E-state index in [4.69, 9.17) is 5.73 Å². The molecule has 0 spiro atoms. The standard InChI is InChI=1S/C11H16F2N2O2S/c12-9-4-5-10(13)11(8-9)18(16,17)15-7-3-1-2-6-14/h4-5,8,15H,1-3,6-7,14H2. The average Bonchev–Trinajstić information content (AvgIpc) is 2.32. The Morgan fingerprint density at radius 3 is 2.56 bits per heavy atom. The molecule has 0 saturated carbocycles. The summed E-state index contributed by atoms with van der Waals surface area (Å²) < 4.78 is 51.8. The van der Waals surface area contributed by atoms with Crippen molar-refractivity contribution in [1.29, 1.82) is 0 Å². The lowest BCUT2D eigenvalue weighted by Crippen LogP contribution is -2.26. The molecule has 102 valence electrons. The molecular formula is C11H16F2N2O2S. The van der Waals surface area contributed by atoms with E-state index in [9.17, 15) is 17.2 Å². The summed E-state index contributed by atoms with van der Waals surface area (Å²) in [6, 6.07) is 2.32. The zero-order valence-corrected chi connectivity index (χ0v) is 10.6. The third-order valence-electron chi connectivity index (χ3n) is 2.36. The SMILES string of the molecule is NCCCCCNS(=O)(=O)c1cc(F)ccc1F. The Hall–Kier alpha value is -1.05. The number of benzene rings is 1. The van der Waals surface area contributed by atoms with Gasteiger partial charge in [0.2, 0.25) is 10.0 Å². The van der Waals surface area contributed by atoms with Gasteiger partial charge in [-0.2, -0.15) is 0 Å². The summed E-state index contributed by atoms with van der Waals surface area (Å²) in [5.74, 6) is -1.76. The molecule has 4 nitrogen and oxygen atoms in total. The highest BCUT2D eigenvalue weighted by molar-refractivity contribution is 7.89. The molecule has 0 radical (unpaired) electrons. The molecule has 0 heterocycles. The summed E-state index contributed by atoms with van der Waals surface area (Å²) in [5.41, 5.74) is 5.29. The molecule has 3 N–H and O–H groups in total. The van der Waals surface area contributed by atoms with Crippen LogP contribution in [-0.2, 0) is 10.0 Å². The Bertz CT molecular complexity index is 492. The van der Waals surface area contributed by atoms with Crippen molar-refractivity contribution in [3.63, 3.8) is 0 Å². The monoisotopic (exact) mass is 278 g/mol. The number of nitrogens with two attached hydrogens (primary N) is 1. The molecule has 0 amide bonds. The van der Waals surface area contributed by atoms with Gasteiger partial charge in [-0.1, -0.05) is 6.42 Å². The number of nitrogens with one attached hydrogen (secondary N) is 1. The molecule has 7 heteroatoms. The molecule has 0 unspecified atom stereocenters. The molecular weight excluding hydrogens is 262 g/mol. The third kappa shape index (κ3) is 4.32. The lowest BCUT2D eigenvalue weighted by molar-refractivity contribution is 0.543. The van der Waals surface area contributed by atoms with Crippen LogP contribution in [0.5, 0.6) is 0 Å². The van der Waals surface area contributed by atoms with E-state index in [-0.39, 0.29) is 6.54 Å². The van der Waals surface area contributed by atoms with Gasteiger partial charge in [0.25, 0.3) is 0 Å². The van der Waals surface area contributed by atoms with Crippen molar-refractivity contribution in [2.24, 2.45) is 5.73 Å². The largest absolute Gasteiger partial charge is 0.330 e. The lowest BCUT2D eigenvalue weighted by Gasteiger charge is -2.07. The topological polar surface area (TPSA) is 72.2 Å². The van der Waals surface area contributed by atoms with Crippen LogP contribution in [0.1, 0.15) is 19.3 Å². The van der Waals surface area contributed by atoms with E-state index in [1.54, 1.807) is 0 Å². The van der Waals surface area contributed by atoms with Crippen molar-refractivity contribution < 1.29 is 17.2 Å². The van der Waals surface area contributed by atoms with Gasteiger partial charge in [-0.25, -0.2) is 21.9 Å². The predicted octanol–water partition coefficient (Wildman–Crippen LogP) is 1.37. The number of halogens is 2. The Balaban J connectivity index is 2.66. The number of hydrogen-bond donors (Lipinski definition) is 2. The second kappa shape index (κ2) is 6.77. The van der Waals surface area contributed by atoms with Crippen molar-refractivity contribution in [1.82, 2.24) is 4.72 Å². The van der Waals surface area contributed by atoms with E-state index >= 15 is 0 Å². The van der Waals surface area contributed by atoms with Gasteiger partial charge in [0.1, 0.15) is 16.5 Å². The molecule has 1 rings (SSSR count). The van der Waals surface area contributed by atoms with Crippen LogP contribution < -0.4 is 10.5 Å². The molecule has 0 aliphatic rings. The second-order valence-electron chi connectivity index (χ2n) is 3.82. The van der Waals surface area contributed by atoms with Gasteiger partial charge < -0.3 is 5.73 Å². The van der Waals surface area contributed by atoms with Crippen molar-refractivity contribution >= 4 is 10.0 Å². The Morgan fingerprint density at radius 1 is 1.17 bits per heavy atom. The molecule has 0 bridgehead atoms. The number of unbranched alkanes of at least 4 members (excludes halogenated alkanes) is 2. The Morgan fingerprint density at radius 2 is 1.89 bits per heavy atom. The number of hydrogen-bond acceptors (Lipinski definition) is 3. The van der Waals surface area contributed by atoms with Crippen molar-refractivity contribution in [2.45, 2.75) is 24.2 Å². The summed E-state index contributed by atoms with van der Waals surface area (Å²) in [4.78, 5) is -0.665. The van der Waals surface area contributed by atoms with Crippen molar-refractivity contribution in [2.75, 3.05) is 13.1 Å². The highest BCUT2D eigenvalue weighted by atomic mass is 32.2. The maximum atomic E-state index is 13.3. The summed E-state index contributed by atoms with van der Waals surface area (Å²) in [6.07, 6.45) is 2.19. The van der Waals surface area contributed by atoms with Crippen LogP contribution in [0.15, 0.2) is 23.1 Å². The maximum Gasteiger partial charge on any atom is 0.243 e. The van der Waals surface area contributed by atoms with Gasteiger partial charge in [-0.3, -0.25) is 0 Å². The fraction of sp³-hybridized carbons (Fsp3) is 0.455. The van der Waals surface area contributed by atoms with Gasteiger partial charge in [0.15, 0.2) is 0 Å². The summed E-state index contributed by atoms with van der Waals surface area (Å²) in [7, 11) is -4.00. The van der Waals surface area contributed by atoms with Crippen LogP contribution in [0, 0.1) is 11.6 Å². The van der Waals surface area contributed by atoms with E-state index in [2.05, 4.69) is 4.72 Å². The average molecular weight is 278 g/mol. The normalized spacial score (nSPS) is 11.7. The highest BCUT2D eigenvalue weighted by Gasteiger charge is 2.19. The lowest BCUT2D eigenvalue weighted by atomic mass is 10.2. The highest BCUT2D eigenvalue weighted by Crippen LogP contribution is 2.15. The summed E-state index contributed by atoms with van der Waals surface area (Å²) in [6.45, 7) is 0.726. The van der Waals surface area contributed by atoms with Crippen LogP contribution in [0.4, 0.5) is 8.78 Å². The third-order valence-corrected chi connectivity index (χ3v) is 3.83. The van der Waals surface area contributed by atoms with E-state index in [0.717, 1.165) is 25.0 Å². The molecule has 18 heavy (non-hydrogen) atoms. The fourth-order valence-electron chi connectivity index (χ4n) is 1.41. The van der Waals surface area contributed by atoms with Gasteiger partial charge in [-0.05, 0) is 37.6 Å². The minimum Gasteiger partial charge on any atom is -0.330 e. The minimum absolute atomic E-state index is 0.179. The summed E-state index contributed by atoms with van der Waals surface area (Å²) in [5, 5.41) is 0. The van der Waals surface area contributed by atoms with Crippen LogP contribution in [-0.4, -0.2) is 21.5 Å². The van der Waals surface area contributed by atoms with Crippen molar-refractivity contribution in [3.8, 4) is 0 Å². The Labute approximate surface area is 105 Å². The van der Waals surface area contributed by atoms with E-state index in [0.29, 0.717) is 19.0 Å². The Kier molecular flexibility index (Phi) is 5.64. The van der Waals surface area contributed by atoms with Crippen LogP contribution in [0.2, 0.25) is 0 Å². The first-order valence-corrected chi connectivity index (χ1v) is 7.10. The van der Waals surface area contributed by atoms with Gasteiger partial charge >= 0.3 is 0 Å². The van der Waals surface area contributed by atoms with Gasteiger partial charge in [0, 0.05) is 6.54 Å². The van der Waals surface area contributed by atoms with E-state index in [1.807, 2.05) is 0 Å². The smallest absolute Gasteiger partial charge is 0.243 e. The predicted molar refractivity (Wildman–Crippen MR) is 64.5 cm³/mol. The van der Waals surface area contributed by atoms with Crippen LogP contribution >= 0.6 is 0 Å². The van der Waals surface area contributed by atoms with Crippen LogP contribution in [0.25, 0.3) is 0 Å². The molecule has 0 saturated heterocycles. The quantitative estimate of drug-likeness (QED) is 0.740. The van der Waals surface area contributed by atoms with Gasteiger partial charge in [-0.15, -0.1) is 0 Å². The minimum atomic E-state index is -4.00. The number of sulfonamides is 1. The van der Waals surface area contributed by atoms with E-state index in [1.165, 1.54) is 0 Å². The second-order valence-corrected chi connectivity index (χ2v) is 5.56. The maximum absolute atomic E-state index is 13.3. The first kappa shape index (κ1) is 15.0. The molecule has 0 fully saturated rings. The first-order chi connectivity index (χ1) is 8.47. The zero-order valence-electron chi connectivity index (χ0n) is 9.83. The molecule has 0 atom stereocenters. The summed E-state index contributed by atoms with van der Waals surface area (Å²) >= 11 is 0.